The fourth-order valence-corrected chi connectivity index (χ4v) is 3.04. The number of nitrogens with zero attached hydrogens (tertiary/aromatic N) is 1. The number of phenolic OH excluding ortho intramolecular Hbond substituents is 1. The van der Waals surface area contributed by atoms with Crippen molar-refractivity contribution in [2.75, 3.05) is 5.32 Å². The highest BCUT2D eigenvalue weighted by Gasteiger charge is 2.37. The van der Waals surface area contributed by atoms with Crippen LogP contribution in [0.1, 0.15) is 26.3 Å². The molecule has 0 saturated carbocycles. The number of phenols is 1. The molecule has 2 N–H and O–H groups in total. The van der Waals surface area contributed by atoms with Gasteiger partial charge >= 0.3 is 0 Å². The Balaban J connectivity index is 1.65. The van der Waals surface area contributed by atoms with E-state index in [-0.39, 0.29) is 24.1 Å². The van der Waals surface area contributed by atoms with E-state index >= 15 is 0 Å². The van der Waals surface area contributed by atoms with Crippen LogP contribution in [0, 0.1) is 0 Å². The number of nitrogens with one attached hydrogen (secondary N) is 1. The molecule has 3 aromatic rings. The van der Waals surface area contributed by atoms with Crippen LogP contribution in [0.2, 0.25) is 0 Å². The third-order valence-electron chi connectivity index (χ3n) is 4.33. The summed E-state index contributed by atoms with van der Waals surface area (Å²) in [6.07, 6.45) is 0. The number of amides is 2. The Bertz CT molecular complexity index is 982. The Kier molecular flexibility index (Phi) is 3.89. The van der Waals surface area contributed by atoms with Crippen LogP contribution >= 0.6 is 0 Å². The van der Waals surface area contributed by atoms with E-state index in [0.717, 1.165) is 11.3 Å². The lowest BCUT2D eigenvalue weighted by Gasteiger charge is -2.14. The second-order valence-corrected chi connectivity index (χ2v) is 6.08. The van der Waals surface area contributed by atoms with Gasteiger partial charge in [0, 0.05) is 5.69 Å². The fraction of sp³-hybridized carbons (Fsp3) is 0.0476. The maximum atomic E-state index is 12.9. The monoisotopic (exact) mass is 344 g/mol. The minimum atomic E-state index is -0.322. The highest BCUT2D eigenvalue weighted by atomic mass is 16.3. The maximum absolute atomic E-state index is 12.9. The summed E-state index contributed by atoms with van der Waals surface area (Å²) in [5.41, 5.74) is 3.02. The fourth-order valence-electron chi connectivity index (χ4n) is 3.04. The first-order chi connectivity index (χ1) is 12.6. The normalized spacial score (nSPS) is 13.0. The summed E-state index contributed by atoms with van der Waals surface area (Å²) in [5, 5.41) is 12.6. The van der Waals surface area contributed by atoms with Gasteiger partial charge in [0.25, 0.3) is 11.8 Å². The first-order valence-electron chi connectivity index (χ1n) is 8.22. The Morgan fingerprint density at radius 2 is 1.54 bits per heavy atom. The molecular weight excluding hydrogens is 328 g/mol. The number of hydrogen-bond donors (Lipinski definition) is 2. The van der Waals surface area contributed by atoms with E-state index in [4.69, 9.17) is 0 Å². The van der Waals surface area contributed by atoms with E-state index in [0.29, 0.717) is 16.8 Å². The average Bonchev–Trinajstić information content (AvgIpc) is 2.90. The molecule has 5 heteroatoms. The van der Waals surface area contributed by atoms with Crippen LogP contribution in [0.4, 0.5) is 11.4 Å². The molecule has 1 heterocycles. The van der Waals surface area contributed by atoms with E-state index in [1.54, 1.807) is 30.3 Å². The van der Waals surface area contributed by atoms with Crippen molar-refractivity contribution in [1.82, 2.24) is 4.90 Å². The lowest BCUT2D eigenvalue weighted by atomic mass is 10.1. The van der Waals surface area contributed by atoms with Crippen molar-refractivity contribution in [3.8, 4) is 5.75 Å². The van der Waals surface area contributed by atoms with E-state index in [1.807, 2.05) is 30.3 Å². The van der Waals surface area contributed by atoms with Crippen molar-refractivity contribution in [3.63, 3.8) is 0 Å². The Morgan fingerprint density at radius 3 is 2.27 bits per heavy atom. The summed E-state index contributed by atoms with van der Waals surface area (Å²) in [7, 11) is 0. The van der Waals surface area contributed by atoms with Crippen LogP contribution in [0.5, 0.6) is 5.75 Å². The zero-order valence-corrected chi connectivity index (χ0v) is 13.8. The van der Waals surface area contributed by atoms with Crippen LogP contribution in [-0.2, 0) is 6.54 Å². The molecule has 2 amide bonds. The van der Waals surface area contributed by atoms with Gasteiger partial charge in [0.15, 0.2) is 0 Å². The van der Waals surface area contributed by atoms with Crippen LogP contribution in [0.25, 0.3) is 0 Å². The standard InChI is InChI=1S/C21H16N2O3/c24-16-11-9-14(10-12-16)13-23-20(25)17-7-4-8-18(19(17)21(23)26)22-15-5-2-1-3-6-15/h1-12,22,24H,13H2. The zero-order valence-electron chi connectivity index (χ0n) is 13.8. The smallest absolute Gasteiger partial charge is 0.263 e. The van der Waals surface area contributed by atoms with Crippen LogP contribution < -0.4 is 5.32 Å². The van der Waals surface area contributed by atoms with E-state index in [9.17, 15) is 14.7 Å². The molecule has 0 fully saturated rings. The van der Waals surface area contributed by atoms with E-state index in [2.05, 4.69) is 5.32 Å². The van der Waals surface area contributed by atoms with Crippen LogP contribution in [-0.4, -0.2) is 21.8 Å². The summed E-state index contributed by atoms with van der Waals surface area (Å²) < 4.78 is 0. The van der Waals surface area contributed by atoms with Crippen molar-refractivity contribution in [2.45, 2.75) is 6.54 Å². The number of para-hydroxylation sites is 1. The SMILES string of the molecule is O=C1c2cccc(Nc3ccccc3)c2C(=O)N1Cc1ccc(O)cc1. The third kappa shape index (κ3) is 2.80. The number of rotatable bonds is 4. The van der Waals surface area contributed by atoms with Crippen molar-refractivity contribution in [3.05, 3.63) is 89.5 Å². The first-order valence-corrected chi connectivity index (χ1v) is 8.22. The second kappa shape index (κ2) is 6.37. The Labute approximate surface area is 150 Å². The maximum Gasteiger partial charge on any atom is 0.263 e. The van der Waals surface area contributed by atoms with E-state index in [1.165, 1.54) is 17.0 Å². The molecule has 0 spiro atoms. The quantitative estimate of drug-likeness (QED) is 0.704. The molecule has 0 radical (unpaired) electrons. The van der Waals surface area contributed by atoms with Crippen molar-refractivity contribution in [1.29, 1.82) is 0 Å². The second-order valence-electron chi connectivity index (χ2n) is 6.08. The predicted molar refractivity (Wildman–Crippen MR) is 98.5 cm³/mol. The highest BCUT2D eigenvalue weighted by molar-refractivity contribution is 6.23. The molecule has 0 aliphatic carbocycles. The van der Waals surface area contributed by atoms with Gasteiger partial charge in [-0.15, -0.1) is 0 Å². The summed E-state index contributed by atoms with van der Waals surface area (Å²) in [4.78, 5) is 26.8. The number of anilines is 2. The van der Waals surface area contributed by atoms with Gasteiger partial charge in [-0.2, -0.15) is 0 Å². The molecule has 3 aromatic carbocycles. The molecule has 1 aliphatic heterocycles. The summed E-state index contributed by atoms with van der Waals surface area (Å²) >= 11 is 0. The predicted octanol–water partition coefficient (Wildman–Crippen LogP) is 3.93. The summed E-state index contributed by atoms with van der Waals surface area (Å²) in [5.74, 6) is -0.489. The number of hydrogen-bond acceptors (Lipinski definition) is 4. The topological polar surface area (TPSA) is 69.6 Å². The van der Waals surface area contributed by atoms with Crippen molar-refractivity contribution in [2.24, 2.45) is 0 Å². The molecular formula is C21H16N2O3. The minimum absolute atomic E-state index is 0.144. The molecule has 4 rings (SSSR count). The molecule has 0 aromatic heterocycles. The molecule has 0 atom stereocenters. The number of carbonyl (C=O) groups is 2. The number of imide groups is 1. The molecule has 5 nitrogen and oxygen atoms in total. The number of fused-ring (bicyclic) bond motifs is 1. The summed E-state index contributed by atoms with van der Waals surface area (Å²) in [6, 6.07) is 21.2. The van der Waals surface area contributed by atoms with Crippen LogP contribution in [0.15, 0.2) is 72.8 Å². The molecule has 128 valence electrons. The lowest BCUT2D eigenvalue weighted by molar-refractivity contribution is 0.0642. The van der Waals surface area contributed by atoms with E-state index < -0.39 is 0 Å². The van der Waals surface area contributed by atoms with Gasteiger partial charge in [0.1, 0.15) is 5.75 Å². The molecule has 26 heavy (non-hydrogen) atoms. The van der Waals surface area contributed by atoms with Crippen molar-refractivity contribution >= 4 is 23.2 Å². The Hall–Kier alpha value is -3.60. The zero-order chi connectivity index (χ0) is 18.1. The van der Waals surface area contributed by atoms with Gasteiger partial charge in [-0.3, -0.25) is 14.5 Å². The molecule has 0 unspecified atom stereocenters. The van der Waals surface area contributed by atoms with Gasteiger partial charge in [-0.25, -0.2) is 0 Å². The highest BCUT2D eigenvalue weighted by Crippen LogP contribution is 2.32. The molecule has 0 saturated heterocycles. The van der Waals surface area contributed by atoms with Crippen LogP contribution in [0.3, 0.4) is 0 Å². The average molecular weight is 344 g/mol. The summed E-state index contributed by atoms with van der Waals surface area (Å²) in [6.45, 7) is 0.164. The number of aromatic hydroxyl groups is 1. The first kappa shape index (κ1) is 15.9. The molecule has 1 aliphatic rings. The van der Waals surface area contributed by atoms with Gasteiger partial charge in [0.2, 0.25) is 0 Å². The molecule has 0 bridgehead atoms. The number of benzene rings is 3. The third-order valence-corrected chi connectivity index (χ3v) is 4.33. The van der Waals surface area contributed by atoms with Gasteiger partial charge in [-0.05, 0) is 42.0 Å². The minimum Gasteiger partial charge on any atom is -0.508 e. The van der Waals surface area contributed by atoms with Gasteiger partial charge < -0.3 is 10.4 Å². The lowest BCUT2D eigenvalue weighted by Crippen LogP contribution is -2.29. The van der Waals surface area contributed by atoms with Gasteiger partial charge in [-0.1, -0.05) is 36.4 Å². The van der Waals surface area contributed by atoms with Crippen molar-refractivity contribution < 1.29 is 14.7 Å². The number of carbonyl (C=O) groups excluding carboxylic acids is 2. The largest absolute Gasteiger partial charge is 0.508 e. The Morgan fingerprint density at radius 1 is 0.808 bits per heavy atom. The van der Waals surface area contributed by atoms with Gasteiger partial charge in [0.05, 0.1) is 23.4 Å².